The summed E-state index contributed by atoms with van der Waals surface area (Å²) in [6.45, 7) is 3.18. The van der Waals surface area contributed by atoms with Gasteiger partial charge in [0.25, 0.3) is 5.91 Å². The lowest BCUT2D eigenvalue weighted by Gasteiger charge is -2.31. The summed E-state index contributed by atoms with van der Waals surface area (Å²) >= 11 is 0. The molecule has 1 amide bonds. The van der Waals surface area contributed by atoms with Crippen molar-refractivity contribution in [2.45, 2.75) is 12.8 Å². The number of pyridine rings is 1. The maximum Gasteiger partial charge on any atom is 0.271 e. The Hall–Kier alpha value is -3.25. The molecule has 148 valence electrons. The van der Waals surface area contributed by atoms with E-state index in [4.69, 9.17) is 4.74 Å². The minimum absolute atomic E-state index is 0.241. The zero-order valence-electron chi connectivity index (χ0n) is 16.3. The van der Waals surface area contributed by atoms with Crippen LogP contribution < -0.4 is 5.43 Å². The van der Waals surface area contributed by atoms with E-state index >= 15 is 0 Å². The molecule has 2 aromatic rings. The van der Waals surface area contributed by atoms with Gasteiger partial charge in [-0.15, -0.1) is 0 Å². The highest BCUT2D eigenvalue weighted by atomic mass is 16.5. The number of hydrogen-bond acceptors (Lipinski definition) is 5. The maximum atomic E-state index is 12.2. The van der Waals surface area contributed by atoms with Crippen molar-refractivity contribution >= 4 is 18.2 Å². The maximum absolute atomic E-state index is 12.2. The van der Waals surface area contributed by atoms with Crippen LogP contribution in [0.3, 0.4) is 0 Å². The standard InChI is InChI=1S/C23H24N4O2/c28-23(19-8-10-24-11-9-19)26-25-17-21-7-6-20(16-18-4-2-1-3-5-18)22(21)27-12-14-29-15-13-27/h1-5,8-11,16-17H,6-7,12-15H2,(H,26,28). The molecule has 0 saturated carbocycles. The molecular formula is C23H24N4O2. The van der Waals surface area contributed by atoms with Crippen molar-refractivity contribution in [1.29, 1.82) is 0 Å². The van der Waals surface area contributed by atoms with E-state index in [0.29, 0.717) is 5.56 Å². The van der Waals surface area contributed by atoms with Gasteiger partial charge in [0.2, 0.25) is 0 Å². The van der Waals surface area contributed by atoms with Crippen molar-refractivity contribution in [2.24, 2.45) is 5.10 Å². The molecule has 6 nitrogen and oxygen atoms in total. The van der Waals surface area contributed by atoms with Crippen LogP contribution in [0.2, 0.25) is 0 Å². The Bertz CT molecular complexity index is 930. The van der Waals surface area contributed by atoms with E-state index in [-0.39, 0.29) is 5.91 Å². The monoisotopic (exact) mass is 388 g/mol. The molecule has 4 rings (SSSR count). The highest BCUT2D eigenvalue weighted by molar-refractivity contribution is 5.94. The van der Waals surface area contributed by atoms with E-state index in [1.54, 1.807) is 30.7 Å². The highest BCUT2D eigenvalue weighted by Crippen LogP contribution is 2.34. The summed E-state index contributed by atoms with van der Waals surface area (Å²) in [6, 6.07) is 13.7. The molecule has 2 heterocycles. The first-order valence-electron chi connectivity index (χ1n) is 9.86. The molecule has 1 fully saturated rings. The number of nitrogens with one attached hydrogen (secondary N) is 1. The minimum atomic E-state index is -0.241. The zero-order chi connectivity index (χ0) is 19.9. The van der Waals surface area contributed by atoms with Crippen molar-refractivity contribution in [1.82, 2.24) is 15.3 Å². The second-order valence-corrected chi connectivity index (χ2v) is 6.99. The Labute approximate surface area is 170 Å². The van der Waals surface area contributed by atoms with Gasteiger partial charge in [-0.2, -0.15) is 5.10 Å². The predicted octanol–water partition coefficient (Wildman–Crippen LogP) is 3.26. The van der Waals surface area contributed by atoms with E-state index in [9.17, 15) is 4.79 Å². The van der Waals surface area contributed by atoms with E-state index < -0.39 is 0 Å². The van der Waals surface area contributed by atoms with Crippen LogP contribution in [0, 0.1) is 0 Å². The number of morpholine rings is 1. The Morgan fingerprint density at radius 3 is 2.59 bits per heavy atom. The summed E-state index contributed by atoms with van der Waals surface area (Å²) in [6.07, 6.45) is 9.09. The van der Waals surface area contributed by atoms with Gasteiger partial charge in [-0.25, -0.2) is 5.43 Å². The molecule has 6 heteroatoms. The van der Waals surface area contributed by atoms with Crippen LogP contribution in [0.5, 0.6) is 0 Å². The van der Waals surface area contributed by atoms with Crippen molar-refractivity contribution in [3.63, 3.8) is 0 Å². The molecule has 29 heavy (non-hydrogen) atoms. The number of hydrazone groups is 1. The van der Waals surface area contributed by atoms with Crippen LogP contribution in [0.15, 0.2) is 76.8 Å². The molecule has 1 N–H and O–H groups in total. The van der Waals surface area contributed by atoms with Crippen molar-refractivity contribution in [3.8, 4) is 0 Å². The first-order valence-corrected chi connectivity index (χ1v) is 9.86. The normalized spacial score (nSPS) is 18.6. The van der Waals surface area contributed by atoms with Gasteiger partial charge in [0.1, 0.15) is 0 Å². The first-order chi connectivity index (χ1) is 14.3. The van der Waals surface area contributed by atoms with Crippen LogP contribution in [0.25, 0.3) is 6.08 Å². The fourth-order valence-electron chi connectivity index (χ4n) is 3.66. The lowest BCUT2D eigenvalue weighted by Crippen LogP contribution is -2.36. The SMILES string of the molecule is O=C(NN=CC1=C(N2CCOCC2)C(=Cc2ccccc2)CC1)c1ccncc1. The van der Waals surface area contributed by atoms with E-state index in [1.807, 2.05) is 6.07 Å². The lowest BCUT2D eigenvalue weighted by atomic mass is 10.1. The molecular weight excluding hydrogens is 364 g/mol. The van der Waals surface area contributed by atoms with Crippen molar-refractivity contribution in [3.05, 3.63) is 82.8 Å². The largest absolute Gasteiger partial charge is 0.378 e. The molecule has 1 aliphatic heterocycles. The quantitative estimate of drug-likeness (QED) is 0.631. The summed E-state index contributed by atoms with van der Waals surface area (Å²) < 4.78 is 5.53. The number of aromatic nitrogens is 1. The number of amides is 1. The lowest BCUT2D eigenvalue weighted by molar-refractivity contribution is 0.0548. The minimum Gasteiger partial charge on any atom is -0.378 e. The average Bonchev–Trinajstić information content (AvgIpc) is 3.18. The Balaban J connectivity index is 1.56. The molecule has 0 unspecified atom stereocenters. The molecule has 0 atom stereocenters. The fourth-order valence-corrected chi connectivity index (χ4v) is 3.66. The van der Waals surface area contributed by atoms with Gasteiger partial charge < -0.3 is 9.64 Å². The van der Waals surface area contributed by atoms with Gasteiger partial charge in [-0.3, -0.25) is 9.78 Å². The number of nitrogens with zero attached hydrogens (tertiary/aromatic N) is 3. The van der Waals surface area contributed by atoms with Gasteiger partial charge in [0.05, 0.1) is 19.4 Å². The predicted molar refractivity (Wildman–Crippen MR) is 113 cm³/mol. The van der Waals surface area contributed by atoms with Crippen LogP contribution in [0.1, 0.15) is 28.8 Å². The van der Waals surface area contributed by atoms with E-state index in [1.165, 1.54) is 16.8 Å². The number of benzene rings is 1. The third-order valence-corrected chi connectivity index (χ3v) is 5.07. The molecule has 1 aliphatic carbocycles. The Morgan fingerprint density at radius 2 is 1.83 bits per heavy atom. The third kappa shape index (κ3) is 4.78. The molecule has 0 bridgehead atoms. The highest BCUT2D eigenvalue weighted by Gasteiger charge is 2.25. The summed E-state index contributed by atoms with van der Waals surface area (Å²) in [4.78, 5) is 18.5. The van der Waals surface area contributed by atoms with Gasteiger partial charge in [0, 0.05) is 36.7 Å². The second-order valence-electron chi connectivity index (χ2n) is 6.99. The summed E-state index contributed by atoms with van der Waals surface area (Å²) in [5, 5.41) is 4.23. The number of carbonyl (C=O) groups excluding carboxylic acids is 1. The van der Waals surface area contributed by atoms with E-state index in [2.05, 4.69) is 50.8 Å². The van der Waals surface area contributed by atoms with Gasteiger partial charge in [-0.1, -0.05) is 30.3 Å². The summed E-state index contributed by atoms with van der Waals surface area (Å²) in [5.74, 6) is -0.241. The smallest absolute Gasteiger partial charge is 0.271 e. The molecule has 0 radical (unpaired) electrons. The van der Waals surface area contributed by atoms with Crippen molar-refractivity contribution in [2.75, 3.05) is 26.3 Å². The topological polar surface area (TPSA) is 66.8 Å². The Kier molecular flexibility index (Phi) is 6.12. The zero-order valence-corrected chi connectivity index (χ0v) is 16.3. The number of hydrogen-bond donors (Lipinski definition) is 1. The molecule has 1 aromatic heterocycles. The van der Waals surface area contributed by atoms with Crippen LogP contribution in [-0.2, 0) is 4.74 Å². The second kappa shape index (κ2) is 9.30. The molecule has 0 spiro atoms. The average molecular weight is 388 g/mol. The van der Waals surface area contributed by atoms with Crippen molar-refractivity contribution < 1.29 is 9.53 Å². The van der Waals surface area contributed by atoms with Crippen LogP contribution in [-0.4, -0.2) is 48.3 Å². The molecule has 2 aliphatic rings. The number of allylic oxidation sites excluding steroid dienone is 2. The Morgan fingerprint density at radius 1 is 1.07 bits per heavy atom. The van der Waals surface area contributed by atoms with Gasteiger partial charge in [0.15, 0.2) is 0 Å². The number of carbonyl (C=O) groups is 1. The molecule has 1 saturated heterocycles. The third-order valence-electron chi connectivity index (χ3n) is 5.07. The first kappa shape index (κ1) is 19.1. The van der Waals surface area contributed by atoms with Gasteiger partial charge >= 0.3 is 0 Å². The van der Waals surface area contributed by atoms with Gasteiger partial charge in [-0.05, 0) is 47.8 Å². The van der Waals surface area contributed by atoms with E-state index in [0.717, 1.165) is 44.7 Å². The van der Waals surface area contributed by atoms with Crippen LogP contribution >= 0.6 is 0 Å². The fraction of sp³-hybridized carbons (Fsp3) is 0.261. The summed E-state index contributed by atoms with van der Waals surface area (Å²) in [5.41, 5.74) is 8.02. The molecule has 1 aromatic carbocycles. The summed E-state index contributed by atoms with van der Waals surface area (Å²) in [7, 11) is 0. The van der Waals surface area contributed by atoms with Crippen LogP contribution in [0.4, 0.5) is 0 Å². The number of ether oxygens (including phenoxy) is 1. The number of rotatable bonds is 5.